The van der Waals surface area contributed by atoms with E-state index in [9.17, 15) is 22.8 Å². The molecule has 31 heavy (non-hydrogen) atoms. The van der Waals surface area contributed by atoms with Crippen LogP contribution in [0.2, 0.25) is 0 Å². The van der Waals surface area contributed by atoms with E-state index in [0.717, 1.165) is 16.1 Å². The largest absolute Gasteiger partial charge is 0.491 e. The van der Waals surface area contributed by atoms with E-state index in [1.165, 1.54) is 65.2 Å². The molecular weight excluding hydrogens is 451 g/mol. The third-order valence-electron chi connectivity index (χ3n) is 4.16. The zero-order valence-electron chi connectivity index (χ0n) is 16.5. The molecule has 0 aliphatic heterocycles. The summed E-state index contributed by atoms with van der Waals surface area (Å²) < 4.78 is 46.9. The fraction of sp³-hybridized carbons (Fsp3) is 0.250. The number of halogens is 3. The van der Waals surface area contributed by atoms with Crippen molar-refractivity contribution in [1.29, 1.82) is 0 Å². The van der Waals surface area contributed by atoms with Crippen LogP contribution in [-0.4, -0.2) is 22.6 Å². The van der Waals surface area contributed by atoms with Gasteiger partial charge in [0, 0.05) is 28.6 Å². The molecule has 164 valence electrons. The fourth-order valence-electron chi connectivity index (χ4n) is 2.74. The van der Waals surface area contributed by atoms with Crippen molar-refractivity contribution in [3.05, 3.63) is 69.1 Å². The first-order valence-electron chi connectivity index (χ1n) is 8.95. The number of anilines is 1. The van der Waals surface area contributed by atoms with Crippen molar-refractivity contribution in [3.8, 4) is 5.75 Å². The van der Waals surface area contributed by atoms with Gasteiger partial charge in [-0.1, -0.05) is 23.9 Å². The number of hydrogen-bond acceptors (Lipinski definition) is 6. The summed E-state index contributed by atoms with van der Waals surface area (Å²) in [4.78, 5) is 29.1. The van der Waals surface area contributed by atoms with Crippen LogP contribution in [0.5, 0.6) is 5.75 Å². The van der Waals surface area contributed by atoms with Gasteiger partial charge in [0.15, 0.2) is 5.75 Å². The number of amides is 1. The van der Waals surface area contributed by atoms with Crippen LogP contribution < -0.4 is 15.5 Å². The lowest BCUT2D eigenvalue weighted by atomic mass is 10.1. The highest BCUT2D eigenvalue weighted by Crippen LogP contribution is 2.34. The number of nitrogens with zero attached hydrogens (tertiary/aromatic N) is 2. The third-order valence-corrected chi connectivity index (χ3v) is 6.34. The second-order valence-electron chi connectivity index (χ2n) is 6.46. The second-order valence-corrected chi connectivity index (χ2v) is 8.54. The Morgan fingerprint density at radius 2 is 2.06 bits per heavy atom. The summed E-state index contributed by atoms with van der Waals surface area (Å²) in [5, 5.41) is 4.20. The molecule has 1 aromatic carbocycles. The molecule has 0 bridgehead atoms. The minimum atomic E-state index is -4.60. The van der Waals surface area contributed by atoms with E-state index in [-0.39, 0.29) is 23.4 Å². The highest BCUT2D eigenvalue weighted by molar-refractivity contribution is 8.00. The van der Waals surface area contributed by atoms with E-state index in [2.05, 4.69) is 10.3 Å². The number of carbonyl (C=O) groups is 1. The SMILES string of the molecule is COc1cn(CC(=O)Nc2ccccc2C(F)(F)F)c(CSc2nc(C)cs2)cc1=O. The first-order valence-corrected chi connectivity index (χ1v) is 10.8. The average molecular weight is 470 g/mol. The van der Waals surface area contributed by atoms with Crippen LogP contribution in [-0.2, 0) is 23.3 Å². The molecule has 3 rings (SSSR count). The van der Waals surface area contributed by atoms with Crippen molar-refractivity contribution in [2.75, 3.05) is 12.4 Å². The molecule has 0 radical (unpaired) electrons. The quantitative estimate of drug-likeness (QED) is 0.513. The predicted octanol–water partition coefficient (Wildman–Crippen LogP) is 4.57. The van der Waals surface area contributed by atoms with Gasteiger partial charge in [0.1, 0.15) is 10.9 Å². The minimum Gasteiger partial charge on any atom is -0.491 e. The Bertz CT molecular complexity index is 1140. The summed E-state index contributed by atoms with van der Waals surface area (Å²) in [6.07, 6.45) is -3.22. The average Bonchev–Trinajstić information content (AvgIpc) is 3.12. The number of aryl methyl sites for hydroxylation is 1. The topological polar surface area (TPSA) is 73.2 Å². The number of carbonyl (C=O) groups excluding carboxylic acids is 1. The number of thioether (sulfide) groups is 1. The van der Waals surface area contributed by atoms with Gasteiger partial charge in [0.25, 0.3) is 0 Å². The van der Waals surface area contributed by atoms with Crippen LogP contribution in [0.25, 0.3) is 0 Å². The van der Waals surface area contributed by atoms with Crippen molar-refractivity contribution < 1.29 is 22.7 Å². The van der Waals surface area contributed by atoms with Crippen LogP contribution in [0.1, 0.15) is 17.0 Å². The summed E-state index contributed by atoms with van der Waals surface area (Å²) >= 11 is 2.85. The molecule has 0 aliphatic carbocycles. The number of pyridine rings is 1. The summed E-state index contributed by atoms with van der Waals surface area (Å²) in [7, 11) is 1.33. The highest BCUT2D eigenvalue weighted by Gasteiger charge is 2.33. The number of nitrogens with one attached hydrogen (secondary N) is 1. The maximum absolute atomic E-state index is 13.2. The Morgan fingerprint density at radius 1 is 1.32 bits per heavy atom. The van der Waals surface area contributed by atoms with Crippen LogP contribution in [0, 0.1) is 6.92 Å². The number of ether oxygens (including phenoxy) is 1. The maximum Gasteiger partial charge on any atom is 0.418 e. The van der Waals surface area contributed by atoms with Crippen LogP contribution in [0.4, 0.5) is 18.9 Å². The van der Waals surface area contributed by atoms with E-state index >= 15 is 0 Å². The van der Waals surface area contributed by atoms with Gasteiger partial charge in [0.05, 0.1) is 24.6 Å². The number of thiazole rings is 1. The first-order chi connectivity index (χ1) is 14.7. The van der Waals surface area contributed by atoms with Gasteiger partial charge in [-0.15, -0.1) is 11.3 Å². The molecular formula is C20H18F3N3O3S2. The Hall–Kier alpha value is -2.79. The summed E-state index contributed by atoms with van der Waals surface area (Å²) in [6.45, 7) is 1.57. The van der Waals surface area contributed by atoms with Crippen molar-refractivity contribution in [2.24, 2.45) is 0 Å². The molecule has 0 atom stereocenters. The molecule has 3 aromatic rings. The molecule has 11 heteroatoms. The van der Waals surface area contributed by atoms with E-state index in [4.69, 9.17) is 4.74 Å². The first kappa shape index (κ1) is 22.9. The number of hydrogen-bond donors (Lipinski definition) is 1. The molecule has 0 spiro atoms. The minimum absolute atomic E-state index is 0.0299. The number of alkyl halides is 3. The number of benzene rings is 1. The highest BCUT2D eigenvalue weighted by atomic mass is 32.2. The molecule has 2 aromatic heterocycles. The number of rotatable bonds is 7. The van der Waals surface area contributed by atoms with Gasteiger partial charge in [-0.05, 0) is 19.1 Å². The van der Waals surface area contributed by atoms with Crippen LogP contribution in [0.15, 0.2) is 51.0 Å². The van der Waals surface area contributed by atoms with Gasteiger partial charge in [-0.25, -0.2) is 4.98 Å². The second kappa shape index (κ2) is 9.56. The van der Waals surface area contributed by atoms with E-state index in [1.807, 2.05) is 12.3 Å². The smallest absolute Gasteiger partial charge is 0.418 e. The van der Waals surface area contributed by atoms with Gasteiger partial charge in [-0.3, -0.25) is 9.59 Å². The Balaban J connectivity index is 1.82. The standard InChI is InChI=1S/C20H18F3N3O3S2/c1-12-10-30-19(24-12)31-11-13-7-16(27)17(29-2)8-26(13)9-18(28)25-15-6-4-3-5-14(15)20(21,22)23/h3-8,10H,9,11H2,1-2H3,(H,25,28). The lowest BCUT2D eigenvalue weighted by Crippen LogP contribution is -2.24. The van der Waals surface area contributed by atoms with Crippen molar-refractivity contribution in [2.45, 2.75) is 29.7 Å². The normalized spacial score (nSPS) is 11.4. The van der Waals surface area contributed by atoms with Crippen molar-refractivity contribution >= 4 is 34.7 Å². The fourth-order valence-corrected chi connectivity index (χ4v) is 4.58. The van der Waals surface area contributed by atoms with E-state index < -0.39 is 17.6 Å². The third kappa shape index (κ3) is 5.88. The monoisotopic (exact) mass is 469 g/mol. The molecule has 2 heterocycles. The lowest BCUT2D eigenvalue weighted by Gasteiger charge is -2.16. The summed E-state index contributed by atoms with van der Waals surface area (Å²) in [6, 6.07) is 6.10. The summed E-state index contributed by atoms with van der Waals surface area (Å²) in [5.41, 5.74) is -0.226. The molecule has 0 saturated carbocycles. The van der Waals surface area contributed by atoms with Crippen molar-refractivity contribution in [1.82, 2.24) is 9.55 Å². The number of methoxy groups -OCH3 is 1. The Labute approximate surface area is 184 Å². The van der Waals surface area contributed by atoms with Gasteiger partial charge in [0.2, 0.25) is 11.3 Å². The molecule has 0 aliphatic rings. The number of aromatic nitrogens is 2. The molecule has 0 unspecified atom stereocenters. The lowest BCUT2D eigenvalue weighted by molar-refractivity contribution is -0.137. The van der Waals surface area contributed by atoms with Crippen LogP contribution in [0.3, 0.4) is 0 Å². The van der Waals surface area contributed by atoms with E-state index in [1.54, 1.807) is 0 Å². The van der Waals surface area contributed by atoms with E-state index in [0.29, 0.717) is 11.4 Å². The summed E-state index contributed by atoms with van der Waals surface area (Å²) in [5.74, 6) is -0.292. The number of para-hydroxylation sites is 1. The zero-order valence-corrected chi connectivity index (χ0v) is 18.2. The molecule has 0 fully saturated rings. The van der Waals surface area contributed by atoms with Gasteiger partial charge in [-0.2, -0.15) is 13.2 Å². The molecule has 6 nitrogen and oxygen atoms in total. The molecule has 1 N–H and O–H groups in total. The Morgan fingerprint density at radius 3 is 2.71 bits per heavy atom. The Kier molecular flexibility index (Phi) is 7.06. The molecule has 1 amide bonds. The predicted molar refractivity (Wildman–Crippen MR) is 114 cm³/mol. The zero-order chi connectivity index (χ0) is 22.6. The van der Waals surface area contributed by atoms with Gasteiger partial charge >= 0.3 is 6.18 Å². The molecule has 0 saturated heterocycles. The maximum atomic E-state index is 13.2. The van der Waals surface area contributed by atoms with Crippen LogP contribution >= 0.6 is 23.1 Å². The van der Waals surface area contributed by atoms with Gasteiger partial charge < -0.3 is 14.6 Å². The van der Waals surface area contributed by atoms with Crippen molar-refractivity contribution in [3.63, 3.8) is 0 Å².